The summed E-state index contributed by atoms with van der Waals surface area (Å²) in [4.78, 5) is 38.6. The van der Waals surface area contributed by atoms with Crippen molar-refractivity contribution in [1.82, 2.24) is 0 Å². The third kappa shape index (κ3) is 4.80. The first-order valence-electron chi connectivity index (χ1n) is 9.67. The van der Waals surface area contributed by atoms with Gasteiger partial charge in [-0.25, -0.2) is 0 Å². The number of hydrogen-bond donors (Lipinski definition) is 2. The molecule has 1 aromatic rings. The van der Waals surface area contributed by atoms with Gasteiger partial charge in [-0.1, -0.05) is 19.1 Å². The molecule has 7 nitrogen and oxygen atoms in total. The first-order chi connectivity index (χ1) is 13.9. The van der Waals surface area contributed by atoms with Gasteiger partial charge in [0.25, 0.3) is 11.8 Å². The fourth-order valence-electron chi connectivity index (χ4n) is 3.49. The van der Waals surface area contributed by atoms with Crippen LogP contribution in [0.25, 0.3) is 0 Å². The van der Waals surface area contributed by atoms with Crippen LogP contribution in [0.5, 0.6) is 5.75 Å². The molecule has 1 aliphatic heterocycles. The summed E-state index contributed by atoms with van der Waals surface area (Å²) in [7, 11) is 0. The van der Waals surface area contributed by atoms with Crippen molar-refractivity contribution >= 4 is 51.7 Å². The van der Waals surface area contributed by atoms with Crippen molar-refractivity contribution in [2.75, 3.05) is 23.4 Å². The summed E-state index contributed by atoms with van der Waals surface area (Å²) in [5, 5.41) is 2.89. The van der Waals surface area contributed by atoms with Crippen LogP contribution in [0.1, 0.15) is 39.0 Å². The smallest absolute Gasteiger partial charge is 0.265 e. The largest absolute Gasteiger partial charge is 0.482 e. The predicted octanol–water partition coefficient (Wildman–Crippen LogP) is 3.28. The van der Waals surface area contributed by atoms with Crippen LogP contribution in [0.3, 0.4) is 0 Å². The molecule has 0 bridgehead atoms. The molecule has 3 rings (SSSR count). The molecule has 1 aliphatic carbocycles. The van der Waals surface area contributed by atoms with Gasteiger partial charge in [0.05, 0.1) is 11.4 Å². The highest BCUT2D eigenvalue weighted by Gasteiger charge is 2.27. The van der Waals surface area contributed by atoms with E-state index in [1.165, 1.54) is 0 Å². The van der Waals surface area contributed by atoms with Crippen LogP contribution < -0.4 is 20.7 Å². The van der Waals surface area contributed by atoms with E-state index in [1.807, 2.05) is 19.1 Å². The van der Waals surface area contributed by atoms with Gasteiger partial charge in [0.15, 0.2) is 6.61 Å². The number of carbonyl (C=O) groups excluding carboxylic acids is 3. The Balaban J connectivity index is 1.91. The number of allylic oxidation sites excluding steroid dienone is 1. The van der Waals surface area contributed by atoms with Crippen LogP contribution in [0.15, 0.2) is 35.4 Å². The van der Waals surface area contributed by atoms with Gasteiger partial charge < -0.3 is 20.7 Å². The molecular formula is C21H24IN3O4. The zero-order valence-electron chi connectivity index (χ0n) is 16.3. The average Bonchev–Trinajstić information content (AvgIpc) is 2.70. The van der Waals surface area contributed by atoms with Gasteiger partial charge >= 0.3 is 0 Å². The predicted molar refractivity (Wildman–Crippen MR) is 120 cm³/mol. The van der Waals surface area contributed by atoms with Crippen LogP contribution in [-0.2, 0) is 14.4 Å². The molecule has 0 saturated heterocycles. The second-order valence-corrected chi connectivity index (χ2v) is 8.12. The SMILES string of the molecule is CC/C=C/CN1C(=O)COc2cc(I)c(NC(=O)C3=C(C(N)=O)CCCC3)cc21. The summed E-state index contributed by atoms with van der Waals surface area (Å²) in [6.07, 6.45) is 7.58. The van der Waals surface area contributed by atoms with Crippen LogP contribution in [0.2, 0.25) is 0 Å². The fraction of sp³-hybridized carbons (Fsp3) is 0.381. The van der Waals surface area contributed by atoms with Gasteiger partial charge in [0.1, 0.15) is 5.75 Å². The van der Waals surface area contributed by atoms with E-state index in [2.05, 4.69) is 27.9 Å². The summed E-state index contributed by atoms with van der Waals surface area (Å²) in [5.41, 5.74) is 7.50. The van der Waals surface area contributed by atoms with Crippen LogP contribution in [0.4, 0.5) is 11.4 Å². The third-order valence-electron chi connectivity index (χ3n) is 4.97. The zero-order chi connectivity index (χ0) is 21.0. The van der Waals surface area contributed by atoms with E-state index >= 15 is 0 Å². The summed E-state index contributed by atoms with van der Waals surface area (Å²) < 4.78 is 6.36. The number of amides is 3. The molecule has 3 N–H and O–H groups in total. The van der Waals surface area contributed by atoms with Crippen LogP contribution in [0, 0.1) is 3.57 Å². The lowest BCUT2D eigenvalue weighted by Crippen LogP contribution is -2.39. The maximum Gasteiger partial charge on any atom is 0.265 e. The molecule has 0 aromatic heterocycles. The van der Waals surface area contributed by atoms with Crippen molar-refractivity contribution in [2.24, 2.45) is 5.73 Å². The van der Waals surface area contributed by atoms with Gasteiger partial charge in [-0.3, -0.25) is 14.4 Å². The average molecular weight is 509 g/mol. The Kier molecular flexibility index (Phi) is 6.94. The number of carbonyl (C=O) groups is 3. The quantitative estimate of drug-likeness (QED) is 0.454. The minimum Gasteiger partial charge on any atom is -0.482 e. The molecule has 8 heteroatoms. The lowest BCUT2D eigenvalue weighted by molar-refractivity contribution is -0.121. The molecule has 154 valence electrons. The number of ether oxygens (including phenoxy) is 1. The number of fused-ring (bicyclic) bond motifs is 1. The number of nitrogens with zero attached hydrogens (tertiary/aromatic N) is 1. The minimum absolute atomic E-state index is 0.0103. The van der Waals surface area contributed by atoms with E-state index in [4.69, 9.17) is 10.5 Å². The van der Waals surface area contributed by atoms with E-state index in [1.54, 1.807) is 17.0 Å². The Morgan fingerprint density at radius 1 is 1.24 bits per heavy atom. The molecule has 0 spiro atoms. The van der Waals surface area contributed by atoms with E-state index in [-0.39, 0.29) is 18.4 Å². The van der Waals surface area contributed by atoms with Crippen molar-refractivity contribution in [2.45, 2.75) is 39.0 Å². The van der Waals surface area contributed by atoms with Gasteiger partial charge in [-0.05, 0) is 66.8 Å². The summed E-state index contributed by atoms with van der Waals surface area (Å²) >= 11 is 2.12. The number of anilines is 2. The molecule has 2 aliphatic rings. The number of primary amides is 1. The van der Waals surface area contributed by atoms with Crippen molar-refractivity contribution < 1.29 is 19.1 Å². The number of hydrogen-bond acceptors (Lipinski definition) is 4. The number of nitrogens with two attached hydrogens (primary N) is 1. The summed E-state index contributed by atoms with van der Waals surface area (Å²) in [5.74, 6) is -0.394. The van der Waals surface area contributed by atoms with Gasteiger partial charge in [0, 0.05) is 21.3 Å². The monoisotopic (exact) mass is 509 g/mol. The molecule has 0 radical (unpaired) electrons. The van der Waals surface area contributed by atoms with E-state index in [0.717, 1.165) is 22.8 Å². The molecular weight excluding hydrogens is 485 g/mol. The molecule has 0 atom stereocenters. The summed E-state index contributed by atoms with van der Waals surface area (Å²) in [6, 6.07) is 3.55. The number of benzene rings is 1. The lowest BCUT2D eigenvalue weighted by Gasteiger charge is -2.29. The first kappa shape index (κ1) is 21.4. The van der Waals surface area contributed by atoms with Crippen molar-refractivity contribution in [3.8, 4) is 5.75 Å². The molecule has 0 unspecified atom stereocenters. The normalized spacial score (nSPS) is 16.6. The van der Waals surface area contributed by atoms with E-state index in [0.29, 0.717) is 47.7 Å². The Morgan fingerprint density at radius 3 is 2.66 bits per heavy atom. The number of halogens is 1. The number of rotatable bonds is 6. The summed E-state index contributed by atoms with van der Waals surface area (Å²) in [6.45, 7) is 2.46. The molecule has 0 saturated carbocycles. The second kappa shape index (κ2) is 9.43. The van der Waals surface area contributed by atoms with Gasteiger partial charge in [-0.2, -0.15) is 0 Å². The Morgan fingerprint density at radius 2 is 1.97 bits per heavy atom. The topological polar surface area (TPSA) is 102 Å². The standard InChI is InChI=1S/C21H24IN3O4/c1-2-3-6-9-25-17-11-16(15(22)10-18(17)29-12-19(25)26)24-21(28)14-8-5-4-7-13(14)20(23)27/h3,6,10-11H,2,4-5,7-9,12H2,1H3,(H2,23,27)(H,24,28)/b6-3+. The highest BCUT2D eigenvalue weighted by Crippen LogP contribution is 2.38. The molecule has 1 aromatic carbocycles. The zero-order valence-corrected chi connectivity index (χ0v) is 18.5. The maximum absolute atomic E-state index is 12.9. The van der Waals surface area contributed by atoms with Gasteiger partial charge in [0.2, 0.25) is 5.91 Å². The lowest BCUT2D eigenvalue weighted by atomic mass is 9.90. The maximum atomic E-state index is 12.9. The van der Waals surface area contributed by atoms with Gasteiger partial charge in [-0.15, -0.1) is 0 Å². The first-order valence-corrected chi connectivity index (χ1v) is 10.7. The molecule has 0 fully saturated rings. The van der Waals surface area contributed by atoms with Crippen molar-refractivity contribution in [3.63, 3.8) is 0 Å². The molecule has 1 heterocycles. The van der Waals surface area contributed by atoms with E-state index in [9.17, 15) is 14.4 Å². The fourth-order valence-corrected chi connectivity index (χ4v) is 4.06. The van der Waals surface area contributed by atoms with E-state index < -0.39 is 5.91 Å². The number of nitrogens with one attached hydrogen (secondary N) is 1. The van der Waals surface area contributed by atoms with Crippen LogP contribution in [-0.4, -0.2) is 30.9 Å². The van der Waals surface area contributed by atoms with Crippen molar-refractivity contribution in [3.05, 3.63) is 39.0 Å². The third-order valence-corrected chi connectivity index (χ3v) is 5.86. The minimum atomic E-state index is -0.539. The molecule has 3 amide bonds. The Bertz CT molecular complexity index is 907. The Labute approximate surface area is 183 Å². The molecule has 29 heavy (non-hydrogen) atoms. The van der Waals surface area contributed by atoms with Crippen LogP contribution >= 0.6 is 22.6 Å². The second-order valence-electron chi connectivity index (χ2n) is 6.96. The highest BCUT2D eigenvalue weighted by molar-refractivity contribution is 14.1. The van der Waals surface area contributed by atoms with Crippen molar-refractivity contribution in [1.29, 1.82) is 0 Å². The Hall–Kier alpha value is -2.36. The highest BCUT2D eigenvalue weighted by atomic mass is 127.